The minimum atomic E-state index is -4.56. The molecule has 0 aromatic heterocycles. The smallest absolute Gasteiger partial charge is 0.268 e. The molecule has 0 aliphatic heterocycles. The SMILES string of the molecule is CCCCCCCCC/C=C\CCCCCCCC(=O)NC(COP(=O)([O-])OCC[N+](C)(C)C)C(O)CCCCCCCCCCCCCC. The summed E-state index contributed by atoms with van der Waals surface area (Å²) < 4.78 is 23.2. The van der Waals surface area contributed by atoms with Crippen molar-refractivity contribution in [2.24, 2.45) is 0 Å². The molecule has 3 atom stereocenters. The molecule has 2 N–H and O–H groups in total. The van der Waals surface area contributed by atoms with Crippen molar-refractivity contribution in [1.82, 2.24) is 5.32 Å². The highest BCUT2D eigenvalue weighted by Crippen LogP contribution is 2.38. The summed E-state index contributed by atoms with van der Waals surface area (Å²) >= 11 is 0. The molecule has 0 radical (unpaired) electrons. The first-order chi connectivity index (χ1) is 24.0. The van der Waals surface area contributed by atoms with Crippen molar-refractivity contribution in [2.75, 3.05) is 40.9 Å². The lowest BCUT2D eigenvalue weighted by atomic mass is 10.0. The fourth-order valence-electron chi connectivity index (χ4n) is 6.09. The lowest BCUT2D eigenvalue weighted by Crippen LogP contribution is -2.46. The minimum Gasteiger partial charge on any atom is -0.756 e. The molecule has 0 aromatic rings. The average Bonchev–Trinajstić information content (AvgIpc) is 3.06. The number of phosphoric acid groups is 1. The maximum absolute atomic E-state index is 12.8. The predicted molar refractivity (Wildman–Crippen MR) is 210 cm³/mol. The Labute approximate surface area is 310 Å². The van der Waals surface area contributed by atoms with Gasteiger partial charge in [-0.1, -0.05) is 161 Å². The molecule has 50 heavy (non-hydrogen) atoms. The minimum absolute atomic E-state index is 0.0122. The molecule has 8 nitrogen and oxygen atoms in total. The number of aliphatic hydroxyl groups is 1. The first-order valence-corrected chi connectivity index (χ1v) is 22.5. The number of phosphoric ester groups is 1. The average molecular weight is 731 g/mol. The van der Waals surface area contributed by atoms with E-state index in [4.69, 9.17) is 9.05 Å². The molecule has 0 heterocycles. The second kappa shape index (κ2) is 34.0. The Morgan fingerprint density at radius 2 is 1.10 bits per heavy atom. The van der Waals surface area contributed by atoms with Gasteiger partial charge in [-0.3, -0.25) is 9.36 Å². The molecule has 1 amide bonds. The molecule has 298 valence electrons. The van der Waals surface area contributed by atoms with Gasteiger partial charge in [0.15, 0.2) is 0 Å². The quantitative estimate of drug-likeness (QED) is 0.0283. The highest BCUT2D eigenvalue weighted by atomic mass is 31.2. The first-order valence-electron chi connectivity index (χ1n) is 21.0. The molecule has 0 aromatic carbocycles. The second-order valence-electron chi connectivity index (χ2n) is 15.7. The van der Waals surface area contributed by atoms with E-state index in [1.165, 1.54) is 116 Å². The second-order valence-corrected chi connectivity index (χ2v) is 17.1. The molecule has 0 spiro atoms. The van der Waals surface area contributed by atoms with Gasteiger partial charge in [-0.2, -0.15) is 0 Å². The van der Waals surface area contributed by atoms with Gasteiger partial charge in [-0.05, 0) is 38.5 Å². The number of hydrogen-bond donors (Lipinski definition) is 2. The largest absolute Gasteiger partial charge is 0.756 e. The highest BCUT2D eigenvalue weighted by Gasteiger charge is 2.24. The van der Waals surface area contributed by atoms with Crippen molar-refractivity contribution in [3.63, 3.8) is 0 Å². The van der Waals surface area contributed by atoms with Gasteiger partial charge in [0.25, 0.3) is 7.82 Å². The molecular weight excluding hydrogens is 647 g/mol. The van der Waals surface area contributed by atoms with Crippen LogP contribution in [0.15, 0.2) is 12.2 Å². The number of carbonyl (C=O) groups excluding carboxylic acids is 1. The van der Waals surface area contributed by atoms with Gasteiger partial charge < -0.3 is 28.8 Å². The number of rotatable bonds is 38. The van der Waals surface area contributed by atoms with Crippen molar-refractivity contribution >= 4 is 13.7 Å². The van der Waals surface area contributed by atoms with Crippen LogP contribution < -0.4 is 10.2 Å². The van der Waals surface area contributed by atoms with Crippen LogP contribution in [0.25, 0.3) is 0 Å². The number of hydrogen-bond acceptors (Lipinski definition) is 6. The number of amides is 1. The predicted octanol–water partition coefficient (Wildman–Crippen LogP) is 10.6. The van der Waals surface area contributed by atoms with Crippen LogP contribution in [0.1, 0.15) is 194 Å². The first kappa shape index (κ1) is 49.2. The van der Waals surface area contributed by atoms with Gasteiger partial charge in [0.2, 0.25) is 5.91 Å². The third kappa shape index (κ3) is 35.6. The topological polar surface area (TPSA) is 108 Å². The van der Waals surface area contributed by atoms with E-state index in [1.807, 2.05) is 21.1 Å². The number of likely N-dealkylation sites (N-methyl/N-ethyl adjacent to an activating group) is 1. The fraction of sp³-hybridized carbons (Fsp3) is 0.927. The van der Waals surface area contributed by atoms with Crippen LogP contribution in [0, 0.1) is 0 Å². The Hall–Kier alpha value is -0.760. The van der Waals surface area contributed by atoms with E-state index >= 15 is 0 Å². The third-order valence-electron chi connectivity index (χ3n) is 9.50. The summed E-state index contributed by atoms with van der Waals surface area (Å²) in [5, 5.41) is 13.8. The number of aliphatic hydroxyl groups excluding tert-OH is 1. The third-order valence-corrected chi connectivity index (χ3v) is 10.5. The number of allylic oxidation sites excluding steroid dienone is 2. The maximum Gasteiger partial charge on any atom is 0.268 e. The van der Waals surface area contributed by atoms with E-state index in [2.05, 4.69) is 31.3 Å². The summed E-state index contributed by atoms with van der Waals surface area (Å²) in [5.74, 6) is -0.174. The fourth-order valence-corrected chi connectivity index (χ4v) is 6.81. The van der Waals surface area contributed by atoms with Crippen molar-refractivity contribution in [3.8, 4) is 0 Å². The van der Waals surface area contributed by atoms with Crippen LogP contribution in [0.2, 0.25) is 0 Å². The zero-order chi connectivity index (χ0) is 37.2. The van der Waals surface area contributed by atoms with Crippen molar-refractivity contribution in [2.45, 2.75) is 206 Å². The Kier molecular flexibility index (Phi) is 33.5. The molecule has 0 saturated carbocycles. The summed E-state index contributed by atoms with van der Waals surface area (Å²) in [6.07, 6.45) is 36.3. The number of unbranched alkanes of at least 4 members (excludes halogenated alkanes) is 23. The zero-order valence-corrected chi connectivity index (χ0v) is 34.5. The Balaban J connectivity index is 4.40. The van der Waals surface area contributed by atoms with Gasteiger partial charge in [-0.25, -0.2) is 0 Å². The molecule has 0 saturated heterocycles. The summed E-state index contributed by atoms with van der Waals surface area (Å²) in [7, 11) is 1.30. The van der Waals surface area contributed by atoms with Crippen molar-refractivity contribution in [3.05, 3.63) is 12.2 Å². The van der Waals surface area contributed by atoms with Crippen LogP contribution in [0.3, 0.4) is 0 Å². The molecule has 3 unspecified atom stereocenters. The highest BCUT2D eigenvalue weighted by molar-refractivity contribution is 7.45. The Morgan fingerprint density at radius 1 is 0.680 bits per heavy atom. The van der Waals surface area contributed by atoms with E-state index in [-0.39, 0.29) is 19.1 Å². The summed E-state index contributed by atoms with van der Waals surface area (Å²) in [6, 6.07) is -0.799. The van der Waals surface area contributed by atoms with Crippen LogP contribution in [0.4, 0.5) is 0 Å². The van der Waals surface area contributed by atoms with Crippen LogP contribution in [-0.4, -0.2) is 68.5 Å². The summed E-state index contributed by atoms with van der Waals surface area (Å²) in [5.41, 5.74) is 0. The van der Waals surface area contributed by atoms with Gasteiger partial charge in [-0.15, -0.1) is 0 Å². The molecule has 0 fully saturated rings. The van der Waals surface area contributed by atoms with E-state index in [9.17, 15) is 19.4 Å². The normalized spacial score (nSPS) is 14.6. The molecular formula is C41H83N2O6P. The van der Waals surface area contributed by atoms with Crippen LogP contribution in [0.5, 0.6) is 0 Å². The molecule has 0 rings (SSSR count). The lowest BCUT2D eigenvalue weighted by Gasteiger charge is -2.30. The number of carbonyl (C=O) groups is 1. The molecule has 0 aliphatic rings. The van der Waals surface area contributed by atoms with Crippen molar-refractivity contribution in [1.29, 1.82) is 0 Å². The Morgan fingerprint density at radius 3 is 1.56 bits per heavy atom. The van der Waals surface area contributed by atoms with E-state index < -0.39 is 20.0 Å². The lowest BCUT2D eigenvalue weighted by molar-refractivity contribution is -0.870. The van der Waals surface area contributed by atoms with Gasteiger partial charge >= 0.3 is 0 Å². The molecule has 9 heteroatoms. The van der Waals surface area contributed by atoms with Crippen LogP contribution in [-0.2, 0) is 18.4 Å². The summed E-state index contributed by atoms with van der Waals surface area (Å²) in [4.78, 5) is 25.2. The monoisotopic (exact) mass is 731 g/mol. The van der Waals surface area contributed by atoms with Crippen molar-refractivity contribution < 1.29 is 32.9 Å². The van der Waals surface area contributed by atoms with Crippen LogP contribution >= 0.6 is 7.82 Å². The van der Waals surface area contributed by atoms with E-state index in [1.54, 1.807) is 0 Å². The number of quaternary nitrogens is 1. The van der Waals surface area contributed by atoms with E-state index in [0.717, 1.165) is 51.4 Å². The molecule has 0 bridgehead atoms. The molecule has 0 aliphatic carbocycles. The number of nitrogens with one attached hydrogen (secondary N) is 1. The number of nitrogens with zero attached hydrogens (tertiary/aromatic N) is 1. The van der Waals surface area contributed by atoms with Gasteiger partial charge in [0.05, 0.1) is 39.9 Å². The zero-order valence-electron chi connectivity index (χ0n) is 33.6. The Bertz CT molecular complexity index is 834. The van der Waals surface area contributed by atoms with Gasteiger partial charge in [0, 0.05) is 6.42 Å². The summed E-state index contributed by atoms with van der Waals surface area (Å²) in [6.45, 7) is 4.70. The van der Waals surface area contributed by atoms with Gasteiger partial charge in [0.1, 0.15) is 13.2 Å². The maximum atomic E-state index is 12.8. The standard InChI is InChI=1S/C41H83N2O6P/c1-6-8-10-12-14-16-18-20-21-22-23-25-27-29-31-33-35-41(45)42-39(38-49-50(46,47)48-37-36-43(3,4)5)40(44)34-32-30-28-26-24-19-17-15-13-11-9-7-2/h21-22,39-40,44H,6-20,23-38H2,1-5H3,(H-,42,45,46,47)/b22-21-. The van der Waals surface area contributed by atoms with E-state index in [0.29, 0.717) is 23.9 Å².